The third kappa shape index (κ3) is 3.48. The molecule has 9 heteroatoms. The molecule has 1 aliphatic carbocycles. The molecule has 1 aliphatic rings. The van der Waals surface area contributed by atoms with Gasteiger partial charge in [-0.1, -0.05) is 16.9 Å². The molecule has 0 unspecified atom stereocenters. The van der Waals surface area contributed by atoms with Crippen molar-refractivity contribution in [2.24, 2.45) is 0 Å². The zero-order valence-corrected chi connectivity index (χ0v) is 15.2. The minimum atomic E-state index is -0.351. The lowest BCUT2D eigenvalue weighted by molar-refractivity contribution is -0.115. The number of nitrogens with zero attached hydrogens (tertiary/aromatic N) is 5. The zero-order chi connectivity index (χ0) is 18.1. The molecule has 1 saturated carbocycles. The van der Waals surface area contributed by atoms with E-state index in [4.69, 9.17) is 4.52 Å². The van der Waals surface area contributed by atoms with Crippen LogP contribution < -0.4 is 5.32 Å². The number of amides is 1. The smallest absolute Gasteiger partial charge is 0.238 e. The molecule has 0 aromatic carbocycles. The van der Waals surface area contributed by atoms with Gasteiger partial charge in [-0.25, -0.2) is 0 Å². The molecule has 0 spiro atoms. The molecule has 3 aromatic heterocycles. The molecule has 0 aliphatic heterocycles. The van der Waals surface area contributed by atoms with Crippen molar-refractivity contribution >= 4 is 23.5 Å². The van der Waals surface area contributed by atoms with Crippen LogP contribution in [0.4, 0.5) is 5.82 Å². The second-order valence-corrected chi connectivity index (χ2v) is 7.53. The molecule has 1 N–H and O–H groups in total. The van der Waals surface area contributed by atoms with E-state index >= 15 is 0 Å². The number of pyridine rings is 1. The maximum absolute atomic E-state index is 12.4. The maximum atomic E-state index is 12.4. The Hall–Kier alpha value is -2.68. The molecule has 4 rings (SSSR count). The van der Waals surface area contributed by atoms with Gasteiger partial charge >= 0.3 is 0 Å². The molecule has 1 atom stereocenters. The van der Waals surface area contributed by atoms with E-state index in [2.05, 4.69) is 30.2 Å². The van der Waals surface area contributed by atoms with Gasteiger partial charge in [0, 0.05) is 30.1 Å². The van der Waals surface area contributed by atoms with E-state index in [-0.39, 0.29) is 11.2 Å². The average molecular weight is 370 g/mol. The summed E-state index contributed by atoms with van der Waals surface area (Å²) in [5.74, 6) is 1.70. The van der Waals surface area contributed by atoms with E-state index in [0.717, 1.165) is 29.4 Å². The zero-order valence-electron chi connectivity index (χ0n) is 14.4. The Morgan fingerprint density at radius 2 is 2.27 bits per heavy atom. The average Bonchev–Trinajstić information content (AvgIpc) is 3.27. The summed E-state index contributed by atoms with van der Waals surface area (Å²) in [6.07, 6.45) is 5.70. The summed E-state index contributed by atoms with van der Waals surface area (Å²) in [5.41, 5.74) is 0.925. The highest BCUT2D eigenvalue weighted by Gasteiger charge is 2.31. The maximum Gasteiger partial charge on any atom is 0.238 e. The van der Waals surface area contributed by atoms with Crippen LogP contribution in [0.2, 0.25) is 0 Å². The predicted molar refractivity (Wildman–Crippen MR) is 96.7 cm³/mol. The van der Waals surface area contributed by atoms with Gasteiger partial charge in [-0.15, -0.1) is 10.2 Å². The number of anilines is 1. The molecule has 26 heavy (non-hydrogen) atoms. The molecule has 0 saturated heterocycles. The van der Waals surface area contributed by atoms with Gasteiger partial charge < -0.3 is 9.84 Å². The van der Waals surface area contributed by atoms with Crippen LogP contribution in [0.5, 0.6) is 0 Å². The van der Waals surface area contributed by atoms with Crippen LogP contribution >= 0.6 is 11.8 Å². The predicted octanol–water partition coefficient (Wildman–Crippen LogP) is 3.09. The van der Waals surface area contributed by atoms with Crippen LogP contribution in [-0.2, 0) is 4.79 Å². The van der Waals surface area contributed by atoms with Gasteiger partial charge in [0.2, 0.25) is 5.91 Å². The normalized spacial score (nSPS) is 15.0. The first-order chi connectivity index (χ1) is 12.6. The van der Waals surface area contributed by atoms with Crippen molar-refractivity contribution in [1.29, 1.82) is 0 Å². The SMILES string of the molecule is Cc1cc(NC(=O)[C@@H](C)Sc2nnc(-c3cccnc3)n2C2CC2)no1. The summed E-state index contributed by atoms with van der Waals surface area (Å²) >= 11 is 1.39. The summed E-state index contributed by atoms with van der Waals surface area (Å²) in [4.78, 5) is 16.6. The summed E-state index contributed by atoms with van der Waals surface area (Å²) in [7, 11) is 0. The van der Waals surface area contributed by atoms with Crippen molar-refractivity contribution in [3.63, 3.8) is 0 Å². The number of rotatable bonds is 6. The van der Waals surface area contributed by atoms with Gasteiger partial charge in [0.25, 0.3) is 0 Å². The van der Waals surface area contributed by atoms with Crippen LogP contribution in [0.15, 0.2) is 40.3 Å². The summed E-state index contributed by atoms with van der Waals surface area (Å²) < 4.78 is 7.09. The van der Waals surface area contributed by atoms with Gasteiger partial charge in [0.1, 0.15) is 5.76 Å². The van der Waals surface area contributed by atoms with Crippen LogP contribution in [0, 0.1) is 6.92 Å². The number of hydrogen-bond donors (Lipinski definition) is 1. The van der Waals surface area contributed by atoms with Gasteiger partial charge in [0.05, 0.1) is 5.25 Å². The van der Waals surface area contributed by atoms with Gasteiger partial charge in [-0.05, 0) is 38.8 Å². The summed E-state index contributed by atoms with van der Waals surface area (Å²) in [5, 5.41) is 15.6. The minimum absolute atomic E-state index is 0.156. The van der Waals surface area contributed by atoms with Gasteiger partial charge in [-0.3, -0.25) is 14.3 Å². The Morgan fingerprint density at radius 1 is 1.42 bits per heavy atom. The molecule has 1 amide bonds. The van der Waals surface area contributed by atoms with Crippen molar-refractivity contribution in [2.75, 3.05) is 5.32 Å². The molecular weight excluding hydrogens is 352 g/mol. The van der Waals surface area contributed by atoms with Crippen LogP contribution in [0.3, 0.4) is 0 Å². The Morgan fingerprint density at radius 3 is 2.92 bits per heavy atom. The Balaban J connectivity index is 1.52. The highest BCUT2D eigenvalue weighted by Crippen LogP contribution is 2.41. The topological polar surface area (TPSA) is 98.7 Å². The second kappa shape index (κ2) is 6.91. The third-order valence-corrected chi connectivity index (χ3v) is 5.08. The van der Waals surface area contributed by atoms with E-state index in [1.54, 1.807) is 25.4 Å². The Kier molecular flexibility index (Phi) is 4.46. The fourth-order valence-corrected chi connectivity index (χ4v) is 3.50. The quantitative estimate of drug-likeness (QED) is 0.666. The van der Waals surface area contributed by atoms with E-state index in [0.29, 0.717) is 17.6 Å². The number of aryl methyl sites for hydroxylation is 1. The van der Waals surface area contributed by atoms with Crippen LogP contribution in [0.25, 0.3) is 11.4 Å². The Bertz CT molecular complexity index is 918. The minimum Gasteiger partial charge on any atom is -0.360 e. The van der Waals surface area contributed by atoms with E-state index in [9.17, 15) is 4.79 Å². The van der Waals surface area contributed by atoms with Crippen LogP contribution in [-0.4, -0.2) is 36.1 Å². The monoisotopic (exact) mass is 370 g/mol. The van der Waals surface area contributed by atoms with Crippen LogP contribution in [0.1, 0.15) is 31.6 Å². The molecule has 3 heterocycles. The number of hydrogen-bond acceptors (Lipinski definition) is 7. The second-order valence-electron chi connectivity index (χ2n) is 6.22. The highest BCUT2D eigenvalue weighted by atomic mass is 32.2. The van der Waals surface area contributed by atoms with E-state index in [1.807, 2.05) is 19.1 Å². The number of thioether (sulfide) groups is 1. The molecule has 134 valence electrons. The van der Waals surface area contributed by atoms with Crippen molar-refractivity contribution in [3.8, 4) is 11.4 Å². The van der Waals surface area contributed by atoms with Crippen molar-refractivity contribution in [1.82, 2.24) is 24.9 Å². The first kappa shape index (κ1) is 16.8. The largest absolute Gasteiger partial charge is 0.360 e. The molecule has 0 radical (unpaired) electrons. The van der Waals surface area contributed by atoms with E-state index in [1.165, 1.54) is 11.8 Å². The first-order valence-corrected chi connectivity index (χ1v) is 9.26. The van der Waals surface area contributed by atoms with Gasteiger partial charge in [-0.2, -0.15) is 0 Å². The lowest BCUT2D eigenvalue weighted by Crippen LogP contribution is -2.23. The molecule has 0 bridgehead atoms. The molecule has 3 aromatic rings. The standard InChI is InChI=1S/C17H18N6O2S/c1-10-8-14(22-25-10)19-16(24)11(2)26-17-21-20-15(23(17)13-5-6-13)12-4-3-7-18-9-12/h3-4,7-9,11,13H,5-6H2,1-2H3,(H,19,22,24)/t11-/m1/s1. The highest BCUT2D eigenvalue weighted by molar-refractivity contribution is 8.00. The number of nitrogens with one attached hydrogen (secondary N) is 1. The van der Waals surface area contributed by atoms with Gasteiger partial charge in [0.15, 0.2) is 16.8 Å². The molecular formula is C17H18N6O2S. The summed E-state index contributed by atoms with van der Waals surface area (Å²) in [6.45, 7) is 3.61. The molecule has 1 fully saturated rings. The summed E-state index contributed by atoms with van der Waals surface area (Å²) in [6, 6.07) is 5.91. The fraction of sp³-hybridized carbons (Fsp3) is 0.353. The fourth-order valence-electron chi connectivity index (χ4n) is 2.58. The van der Waals surface area contributed by atoms with Crippen molar-refractivity contribution < 1.29 is 9.32 Å². The number of carbonyl (C=O) groups is 1. The number of carbonyl (C=O) groups excluding carboxylic acids is 1. The molecule has 8 nitrogen and oxygen atoms in total. The lowest BCUT2D eigenvalue weighted by Gasteiger charge is -2.12. The lowest BCUT2D eigenvalue weighted by atomic mass is 10.3. The van der Waals surface area contributed by atoms with E-state index < -0.39 is 0 Å². The third-order valence-electron chi connectivity index (χ3n) is 4.03. The Labute approximate surface area is 154 Å². The first-order valence-electron chi connectivity index (χ1n) is 8.38. The van der Waals surface area contributed by atoms with Crippen molar-refractivity contribution in [2.45, 2.75) is 43.1 Å². The number of aromatic nitrogens is 5. The van der Waals surface area contributed by atoms with Crippen molar-refractivity contribution in [3.05, 3.63) is 36.4 Å².